The molecule has 0 saturated heterocycles. The van der Waals surface area contributed by atoms with E-state index in [4.69, 9.17) is 0 Å². The number of unbranched alkanes of at least 4 members (excludes halogenated alkanes) is 1. The van der Waals surface area contributed by atoms with Crippen LogP contribution in [0.3, 0.4) is 0 Å². The number of sulfonamides is 1. The Morgan fingerprint density at radius 3 is 2.57 bits per heavy atom. The Labute approximate surface area is 135 Å². The highest BCUT2D eigenvalue weighted by molar-refractivity contribution is 9.10. The summed E-state index contributed by atoms with van der Waals surface area (Å²) in [4.78, 5) is 0.273. The van der Waals surface area contributed by atoms with Gasteiger partial charge in [-0.15, -0.1) is 0 Å². The lowest BCUT2D eigenvalue weighted by Crippen LogP contribution is -2.34. The molecule has 0 radical (unpaired) electrons. The predicted octanol–water partition coefficient (Wildman–Crippen LogP) is 3.20. The highest BCUT2D eigenvalue weighted by atomic mass is 79.9. The third-order valence-corrected chi connectivity index (χ3v) is 7.03. The van der Waals surface area contributed by atoms with Gasteiger partial charge in [0.25, 0.3) is 0 Å². The first-order chi connectivity index (χ1) is 9.91. The van der Waals surface area contributed by atoms with Crippen LogP contribution in [-0.4, -0.2) is 30.4 Å². The molecule has 1 aromatic carbocycles. The molecule has 2 rings (SSSR count). The lowest BCUT2D eigenvalue weighted by Gasteiger charge is -2.23. The van der Waals surface area contributed by atoms with Crippen molar-refractivity contribution in [2.75, 3.05) is 6.54 Å². The van der Waals surface area contributed by atoms with Crippen LogP contribution in [-0.2, 0) is 16.6 Å². The molecular weight excluding hydrogens is 354 g/mol. The van der Waals surface area contributed by atoms with E-state index in [0.717, 1.165) is 31.2 Å². The zero-order chi connectivity index (χ0) is 15.6. The molecule has 1 fully saturated rings. The van der Waals surface area contributed by atoms with Crippen molar-refractivity contribution in [3.8, 4) is 0 Å². The Kier molecular flexibility index (Phi) is 5.46. The van der Waals surface area contributed by atoms with E-state index in [9.17, 15) is 13.5 Å². The van der Waals surface area contributed by atoms with Crippen molar-refractivity contribution in [3.63, 3.8) is 0 Å². The Balaban J connectivity index is 2.44. The number of rotatable bonds is 7. The van der Waals surface area contributed by atoms with E-state index in [1.54, 1.807) is 16.4 Å². The van der Waals surface area contributed by atoms with Gasteiger partial charge in [-0.1, -0.05) is 19.4 Å². The van der Waals surface area contributed by atoms with Crippen LogP contribution in [0.4, 0.5) is 0 Å². The summed E-state index contributed by atoms with van der Waals surface area (Å²) in [5.74, 6) is 0. The Hall–Kier alpha value is -0.430. The van der Waals surface area contributed by atoms with E-state index in [1.165, 1.54) is 0 Å². The molecule has 0 bridgehead atoms. The molecule has 0 aromatic heterocycles. The first kappa shape index (κ1) is 16.9. The fourth-order valence-corrected chi connectivity index (χ4v) is 5.15. The topological polar surface area (TPSA) is 57.6 Å². The van der Waals surface area contributed by atoms with Gasteiger partial charge in [-0.05, 0) is 59.3 Å². The zero-order valence-corrected chi connectivity index (χ0v) is 14.9. The van der Waals surface area contributed by atoms with E-state index >= 15 is 0 Å². The highest BCUT2D eigenvalue weighted by Crippen LogP contribution is 2.36. The smallest absolute Gasteiger partial charge is 0.244 e. The molecule has 0 atom stereocenters. The van der Waals surface area contributed by atoms with Crippen molar-refractivity contribution in [3.05, 3.63) is 27.7 Å². The fourth-order valence-electron chi connectivity index (χ4n) is 2.39. The maximum absolute atomic E-state index is 13.0. The second-order valence-electron chi connectivity index (χ2n) is 5.58. The van der Waals surface area contributed by atoms with Crippen molar-refractivity contribution in [1.29, 1.82) is 0 Å². The van der Waals surface area contributed by atoms with Crippen LogP contribution >= 0.6 is 15.9 Å². The standard InChI is InChI=1S/C15H22BrNO3S/c1-3-4-7-17(13-5-6-13)21(19,20)14-9-12(10-18)8-11(2)15(14)16/h8-9,13,18H,3-7,10H2,1-2H3. The van der Waals surface area contributed by atoms with Crippen LogP contribution in [0.15, 0.2) is 21.5 Å². The van der Waals surface area contributed by atoms with Crippen LogP contribution in [0.5, 0.6) is 0 Å². The van der Waals surface area contributed by atoms with Crippen molar-refractivity contribution in [1.82, 2.24) is 4.31 Å². The number of aliphatic hydroxyl groups excluding tert-OH is 1. The largest absolute Gasteiger partial charge is 0.392 e. The van der Waals surface area contributed by atoms with Gasteiger partial charge in [-0.3, -0.25) is 0 Å². The van der Waals surface area contributed by atoms with E-state index < -0.39 is 10.0 Å². The minimum atomic E-state index is -3.52. The number of halogens is 1. The Morgan fingerprint density at radius 2 is 2.05 bits per heavy atom. The summed E-state index contributed by atoms with van der Waals surface area (Å²) < 4.78 is 28.2. The Morgan fingerprint density at radius 1 is 1.38 bits per heavy atom. The normalized spacial score (nSPS) is 15.7. The molecule has 1 aliphatic carbocycles. The number of nitrogens with zero attached hydrogens (tertiary/aromatic N) is 1. The second kappa shape index (κ2) is 6.77. The van der Waals surface area contributed by atoms with Gasteiger partial charge in [0.15, 0.2) is 0 Å². The molecule has 1 saturated carbocycles. The monoisotopic (exact) mass is 375 g/mol. The molecule has 4 nitrogen and oxygen atoms in total. The number of hydrogen-bond acceptors (Lipinski definition) is 3. The lowest BCUT2D eigenvalue weighted by atomic mass is 10.1. The van der Waals surface area contributed by atoms with Gasteiger partial charge in [-0.2, -0.15) is 4.31 Å². The van der Waals surface area contributed by atoms with Crippen LogP contribution in [0, 0.1) is 6.92 Å². The maximum atomic E-state index is 13.0. The third-order valence-electron chi connectivity index (χ3n) is 3.74. The molecule has 1 aliphatic rings. The molecule has 0 amide bonds. The average molecular weight is 376 g/mol. The summed E-state index contributed by atoms with van der Waals surface area (Å²) >= 11 is 3.40. The SMILES string of the molecule is CCCCN(C1CC1)S(=O)(=O)c1cc(CO)cc(C)c1Br. The predicted molar refractivity (Wildman–Crippen MR) is 86.6 cm³/mol. The summed E-state index contributed by atoms with van der Waals surface area (Å²) in [6, 6.07) is 3.52. The zero-order valence-electron chi connectivity index (χ0n) is 12.5. The van der Waals surface area contributed by atoms with Gasteiger partial charge < -0.3 is 5.11 Å². The molecule has 21 heavy (non-hydrogen) atoms. The first-order valence-electron chi connectivity index (χ1n) is 7.33. The molecule has 0 spiro atoms. The number of aliphatic hydroxyl groups is 1. The fraction of sp³-hybridized carbons (Fsp3) is 0.600. The maximum Gasteiger partial charge on any atom is 0.244 e. The second-order valence-corrected chi connectivity index (χ2v) is 8.24. The molecule has 0 heterocycles. The van der Waals surface area contributed by atoms with E-state index in [1.807, 2.05) is 6.92 Å². The number of aryl methyl sites for hydroxylation is 1. The summed E-state index contributed by atoms with van der Waals surface area (Å²) in [6.07, 6.45) is 3.72. The first-order valence-corrected chi connectivity index (χ1v) is 9.56. The summed E-state index contributed by atoms with van der Waals surface area (Å²) in [5.41, 5.74) is 1.45. The highest BCUT2D eigenvalue weighted by Gasteiger charge is 2.38. The molecule has 118 valence electrons. The van der Waals surface area contributed by atoms with Crippen LogP contribution in [0.2, 0.25) is 0 Å². The van der Waals surface area contributed by atoms with Crippen molar-refractivity contribution < 1.29 is 13.5 Å². The molecule has 1 N–H and O–H groups in total. The van der Waals surface area contributed by atoms with Crippen molar-refractivity contribution in [2.45, 2.75) is 57.1 Å². The molecular formula is C15H22BrNO3S. The number of benzene rings is 1. The Bertz CT molecular complexity index is 612. The van der Waals surface area contributed by atoms with Crippen LogP contribution < -0.4 is 0 Å². The summed E-state index contributed by atoms with van der Waals surface area (Å²) in [7, 11) is -3.52. The van der Waals surface area contributed by atoms with Gasteiger partial charge in [0.1, 0.15) is 0 Å². The van der Waals surface area contributed by atoms with Crippen molar-refractivity contribution in [2.24, 2.45) is 0 Å². The molecule has 1 aromatic rings. The molecule has 0 unspecified atom stereocenters. The lowest BCUT2D eigenvalue weighted by molar-refractivity contribution is 0.281. The van der Waals surface area contributed by atoms with Crippen LogP contribution in [0.1, 0.15) is 43.7 Å². The quantitative estimate of drug-likeness (QED) is 0.795. The molecule has 0 aliphatic heterocycles. The molecule has 6 heteroatoms. The van der Waals surface area contributed by atoms with Crippen LogP contribution in [0.25, 0.3) is 0 Å². The van der Waals surface area contributed by atoms with E-state index in [2.05, 4.69) is 22.9 Å². The van der Waals surface area contributed by atoms with E-state index in [-0.39, 0.29) is 17.5 Å². The number of hydrogen-bond donors (Lipinski definition) is 1. The minimum absolute atomic E-state index is 0.145. The van der Waals surface area contributed by atoms with Gasteiger partial charge in [-0.25, -0.2) is 8.42 Å². The van der Waals surface area contributed by atoms with Crippen molar-refractivity contribution >= 4 is 26.0 Å². The summed E-state index contributed by atoms with van der Waals surface area (Å²) in [5, 5.41) is 9.32. The average Bonchev–Trinajstić information content (AvgIpc) is 3.26. The van der Waals surface area contributed by atoms with Gasteiger partial charge in [0.2, 0.25) is 10.0 Å². The van der Waals surface area contributed by atoms with Gasteiger partial charge >= 0.3 is 0 Å². The van der Waals surface area contributed by atoms with Gasteiger partial charge in [0, 0.05) is 17.1 Å². The minimum Gasteiger partial charge on any atom is -0.392 e. The summed E-state index contributed by atoms with van der Waals surface area (Å²) in [6.45, 7) is 4.31. The van der Waals surface area contributed by atoms with Gasteiger partial charge in [0.05, 0.1) is 11.5 Å². The van der Waals surface area contributed by atoms with E-state index in [0.29, 0.717) is 16.6 Å². The third kappa shape index (κ3) is 3.67.